The zero-order chi connectivity index (χ0) is 12.7. The number of epoxide rings is 1. The topological polar surface area (TPSA) is 12.5 Å². The van der Waals surface area contributed by atoms with E-state index in [1.54, 1.807) is 19.1 Å². The van der Waals surface area contributed by atoms with E-state index in [9.17, 15) is 8.78 Å². The lowest BCUT2D eigenvalue weighted by Crippen LogP contribution is -2.32. The summed E-state index contributed by atoms with van der Waals surface area (Å²) in [5, 5.41) is -2.60. The monoisotopic (exact) mass is 298 g/mol. The predicted octanol–water partition coefficient (Wildman–Crippen LogP) is 4.56. The van der Waals surface area contributed by atoms with Gasteiger partial charge >= 0.3 is 5.25 Å². The molecule has 0 saturated carbocycles. The van der Waals surface area contributed by atoms with Crippen molar-refractivity contribution in [1.29, 1.82) is 0 Å². The number of hydrogen-bond donors (Lipinski definition) is 0. The van der Waals surface area contributed by atoms with Crippen molar-refractivity contribution >= 4 is 35.0 Å². The number of rotatable bonds is 4. The van der Waals surface area contributed by atoms with Gasteiger partial charge < -0.3 is 4.74 Å². The number of thioether (sulfide) groups is 1. The van der Waals surface area contributed by atoms with Crippen molar-refractivity contribution < 1.29 is 13.5 Å². The molecule has 1 unspecified atom stereocenters. The van der Waals surface area contributed by atoms with Gasteiger partial charge in [-0.1, -0.05) is 54.0 Å². The van der Waals surface area contributed by atoms with Gasteiger partial charge in [0.2, 0.25) is 0 Å². The Bertz CT molecular complexity index is 435. The molecule has 1 aromatic carbocycles. The highest BCUT2D eigenvalue weighted by Gasteiger charge is 2.66. The normalized spacial score (nSPS) is 23.8. The zero-order valence-corrected chi connectivity index (χ0v) is 11.3. The van der Waals surface area contributed by atoms with Gasteiger partial charge in [0.25, 0.3) is 0 Å². The van der Waals surface area contributed by atoms with E-state index in [2.05, 4.69) is 0 Å². The van der Waals surface area contributed by atoms with E-state index in [1.165, 1.54) is 6.07 Å². The quantitative estimate of drug-likeness (QED) is 0.755. The highest BCUT2D eigenvalue weighted by atomic mass is 35.5. The van der Waals surface area contributed by atoms with E-state index in [0.717, 1.165) is 0 Å². The fourth-order valence-corrected chi connectivity index (χ4v) is 2.94. The van der Waals surface area contributed by atoms with E-state index in [0.29, 0.717) is 17.5 Å². The van der Waals surface area contributed by atoms with E-state index in [1.807, 2.05) is 0 Å². The average molecular weight is 299 g/mol. The van der Waals surface area contributed by atoms with Crippen molar-refractivity contribution in [3.05, 3.63) is 33.8 Å². The van der Waals surface area contributed by atoms with Gasteiger partial charge in [-0.2, -0.15) is 8.78 Å². The maximum Gasteiger partial charge on any atom is 0.328 e. The summed E-state index contributed by atoms with van der Waals surface area (Å²) in [7, 11) is 0. The van der Waals surface area contributed by atoms with Gasteiger partial charge in [-0.3, -0.25) is 0 Å². The Morgan fingerprint density at radius 3 is 2.65 bits per heavy atom. The van der Waals surface area contributed by atoms with Crippen LogP contribution in [-0.4, -0.2) is 17.6 Å². The van der Waals surface area contributed by atoms with E-state index >= 15 is 0 Å². The molecule has 0 aliphatic carbocycles. The largest absolute Gasteiger partial charge is 0.357 e. The zero-order valence-electron chi connectivity index (χ0n) is 8.97. The first-order valence-electron chi connectivity index (χ1n) is 5.05. The molecular weight excluding hydrogens is 289 g/mol. The van der Waals surface area contributed by atoms with E-state index < -0.39 is 10.9 Å². The van der Waals surface area contributed by atoms with Crippen LogP contribution >= 0.6 is 35.0 Å². The summed E-state index contributed by atoms with van der Waals surface area (Å²) in [5.74, 6) is 0.302. The molecule has 94 valence electrons. The molecule has 0 spiro atoms. The fourth-order valence-electron chi connectivity index (χ4n) is 1.67. The fraction of sp³-hybridized carbons (Fsp3) is 0.455. The first-order valence-corrected chi connectivity index (χ1v) is 6.79. The van der Waals surface area contributed by atoms with Crippen LogP contribution in [0.2, 0.25) is 10.0 Å². The number of benzene rings is 1. The van der Waals surface area contributed by atoms with Gasteiger partial charge in [-0.25, -0.2) is 0 Å². The van der Waals surface area contributed by atoms with Crippen LogP contribution in [0.5, 0.6) is 0 Å². The Hall–Kier alpha value is -0.0300. The molecule has 0 N–H and O–H groups in total. The van der Waals surface area contributed by atoms with Gasteiger partial charge in [0.1, 0.15) is 0 Å². The van der Waals surface area contributed by atoms with Crippen molar-refractivity contribution in [3.63, 3.8) is 0 Å². The highest BCUT2D eigenvalue weighted by Crippen LogP contribution is 2.57. The third-order valence-corrected chi connectivity index (χ3v) is 4.42. The van der Waals surface area contributed by atoms with E-state index in [4.69, 9.17) is 27.9 Å². The standard InChI is InChI=1S/C11H10Cl2F2OS/c1-2-17-11(14,15)10(6-16-10)7-4-3-5-8(12)9(7)13/h3-5H,2,6H2,1H3. The van der Waals surface area contributed by atoms with Crippen LogP contribution in [0, 0.1) is 0 Å². The van der Waals surface area contributed by atoms with Crippen LogP contribution in [0.15, 0.2) is 18.2 Å². The molecule has 1 saturated heterocycles. The van der Waals surface area contributed by atoms with Gasteiger partial charge in [-0.05, 0) is 11.8 Å². The molecular formula is C11H10Cl2F2OS. The molecule has 1 heterocycles. The first kappa shape index (κ1) is 13.4. The molecule has 1 fully saturated rings. The SMILES string of the molecule is CCSC(F)(F)C1(c2cccc(Cl)c2Cl)CO1. The lowest BCUT2D eigenvalue weighted by atomic mass is 10.0. The van der Waals surface area contributed by atoms with Crippen molar-refractivity contribution in [1.82, 2.24) is 0 Å². The second-order valence-electron chi connectivity index (χ2n) is 3.67. The molecule has 1 atom stereocenters. The third-order valence-electron chi connectivity index (χ3n) is 2.62. The number of alkyl halides is 2. The Morgan fingerprint density at radius 2 is 2.12 bits per heavy atom. The Labute approximate surface area is 112 Å². The molecule has 0 aromatic heterocycles. The summed E-state index contributed by atoms with van der Waals surface area (Å²) in [6, 6.07) is 4.69. The van der Waals surface area contributed by atoms with E-state index in [-0.39, 0.29) is 22.2 Å². The Morgan fingerprint density at radius 1 is 1.47 bits per heavy atom. The number of ether oxygens (including phenoxy) is 1. The van der Waals surface area contributed by atoms with Crippen molar-refractivity contribution in [2.45, 2.75) is 17.8 Å². The molecule has 17 heavy (non-hydrogen) atoms. The summed E-state index contributed by atoms with van der Waals surface area (Å²) < 4.78 is 33.0. The van der Waals surface area contributed by atoms with Crippen LogP contribution in [-0.2, 0) is 10.3 Å². The minimum Gasteiger partial charge on any atom is -0.357 e. The molecule has 1 aliphatic heterocycles. The van der Waals surface area contributed by atoms with Crippen molar-refractivity contribution in [2.24, 2.45) is 0 Å². The summed E-state index contributed by atoms with van der Waals surface area (Å²) >= 11 is 12.4. The smallest absolute Gasteiger partial charge is 0.328 e. The molecule has 0 radical (unpaired) electrons. The first-order chi connectivity index (χ1) is 7.94. The lowest BCUT2D eigenvalue weighted by Gasteiger charge is -2.24. The Kier molecular flexibility index (Phi) is 3.61. The summed E-state index contributed by atoms with van der Waals surface area (Å²) in [5.41, 5.74) is -1.35. The second-order valence-corrected chi connectivity index (χ2v) is 5.83. The van der Waals surface area contributed by atoms with Gasteiger partial charge in [0.15, 0.2) is 5.60 Å². The van der Waals surface area contributed by atoms with Gasteiger partial charge in [0.05, 0.1) is 16.7 Å². The highest BCUT2D eigenvalue weighted by molar-refractivity contribution is 8.00. The van der Waals surface area contributed by atoms with Crippen LogP contribution in [0.3, 0.4) is 0 Å². The number of hydrogen-bond acceptors (Lipinski definition) is 2. The third kappa shape index (κ3) is 2.16. The summed E-state index contributed by atoms with van der Waals surface area (Å²) in [4.78, 5) is 0. The predicted molar refractivity (Wildman–Crippen MR) is 67.2 cm³/mol. The summed E-state index contributed by atoms with van der Waals surface area (Å²) in [6.07, 6.45) is 0. The minimum atomic E-state index is -3.00. The van der Waals surface area contributed by atoms with Crippen LogP contribution in [0.25, 0.3) is 0 Å². The molecule has 0 bridgehead atoms. The molecule has 1 aliphatic rings. The van der Waals surface area contributed by atoms with Gasteiger partial charge in [-0.15, -0.1) is 0 Å². The second kappa shape index (κ2) is 4.57. The van der Waals surface area contributed by atoms with Crippen LogP contribution in [0.1, 0.15) is 12.5 Å². The molecule has 2 rings (SSSR count). The lowest BCUT2D eigenvalue weighted by molar-refractivity contribution is 0.00971. The maximum atomic E-state index is 14.0. The maximum absolute atomic E-state index is 14.0. The van der Waals surface area contributed by atoms with Crippen molar-refractivity contribution in [3.8, 4) is 0 Å². The van der Waals surface area contributed by atoms with Gasteiger partial charge in [0, 0.05) is 5.56 Å². The minimum absolute atomic E-state index is 0.0347. The van der Waals surface area contributed by atoms with Crippen LogP contribution in [0.4, 0.5) is 8.78 Å². The Balaban J connectivity index is 2.42. The molecule has 1 aromatic rings. The number of halogens is 4. The summed E-state index contributed by atoms with van der Waals surface area (Å²) in [6.45, 7) is 1.64. The van der Waals surface area contributed by atoms with Crippen molar-refractivity contribution in [2.75, 3.05) is 12.4 Å². The molecule has 1 nitrogen and oxygen atoms in total. The molecule has 6 heteroatoms. The molecule has 0 amide bonds. The van der Waals surface area contributed by atoms with Crippen LogP contribution < -0.4 is 0 Å². The average Bonchev–Trinajstić information content (AvgIpc) is 3.03.